The number of aromatic nitrogens is 3. The quantitative estimate of drug-likeness (QED) is 0.323. The first kappa shape index (κ1) is 27.2. The van der Waals surface area contributed by atoms with Crippen LogP contribution in [0.3, 0.4) is 0 Å². The van der Waals surface area contributed by atoms with E-state index in [0.717, 1.165) is 28.2 Å². The fourth-order valence-corrected chi connectivity index (χ4v) is 4.61. The molecule has 0 aliphatic carbocycles. The van der Waals surface area contributed by atoms with Crippen LogP contribution in [0.25, 0.3) is 11.1 Å². The van der Waals surface area contributed by atoms with Gasteiger partial charge in [0.1, 0.15) is 29.5 Å². The Kier molecular flexibility index (Phi) is 8.63. The van der Waals surface area contributed by atoms with E-state index < -0.39 is 0 Å². The number of amides is 1. The number of rotatable bonds is 9. The molecule has 1 aliphatic rings. The van der Waals surface area contributed by atoms with Gasteiger partial charge in [0.05, 0.1) is 12.6 Å². The molecule has 3 atom stereocenters. The van der Waals surface area contributed by atoms with Gasteiger partial charge in [-0.1, -0.05) is 37.3 Å². The fraction of sp³-hybridized carbons (Fsp3) is 0.290. The van der Waals surface area contributed by atoms with Crippen molar-refractivity contribution < 1.29 is 19.4 Å². The number of nitrogens with zero attached hydrogens (tertiary/aromatic N) is 4. The summed E-state index contributed by atoms with van der Waals surface area (Å²) in [5, 5.41) is 13.4. The van der Waals surface area contributed by atoms with Gasteiger partial charge in [-0.2, -0.15) is 0 Å². The van der Waals surface area contributed by atoms with Crippen LogP contribution in [0, 0.1) is 5.92 Å². The standard InChI is InChI=1S/C31H33N5O4/c1-21-18-36(22(2)19-37)31(38)28-12-24(25-14-33-20-34-15-25)16-35-30(28)40-29(21)17-32-13-23-8-10-27(11-9-23)39-26-6-4-3-5-7-26/h3-12,14-16,20-22,29,32,37H,13,17-19H2,1-2H3/t21-,22+,29+/m1/s1. The first-order valence-electron chi connectivity index (χ1n) is 13.4. The molecule has 40 heavy (non-hydrogen) atoms. The zero-order chi connectivity index (χ0) is 27.9. The molecule has 0 saturated carbocycles. The maximum Gasteiger partial charge on any atom is 0.259 e. The number of benzene rings is 2. The van der Waals surface area contributed by atoms with Crippen LogP contribution in [0.1, 0.15) is 29.8 Å². The maximum atomic E-state index is 13.6. The lowest BCUT2D eigenvalue weighted by Crippen LogP contribution is -2.49. The highest BCUT2D eigenvalue weighted by molar-refractivity contribution is 5.98. The van der Waals surface area contributed by atoms with E-state index >= 15 is 0 Å². The van der Waals surface area contributed by atoms with Crippen molar-refractivity contribution in [1.29, 1.82) is 0 Å². The second kappa shape index (κ2) is 12.7. The predicted octanol–water partition coefficient (Wildman–Crippen LogP) is 4.34. The van der Waals surface area contributed by atoms with E-state index in [0.29, 0.717) is 25.2 Å². The highest BCUT2D eigenvalue weighted by Gasteiger charge is 2.33. The van der Waals surface area contributed by atoms with Crippen LogP contribution in [0.5, 0.6) is 17.4 Å². The summed E-state index contributed by atoms with van der Waals surface area (Å²) < 4.78 is 12.2. The molecule has 9 nitrogen and oxygen atoms in total. The van der Waals surface area contributed by atoms with Crippen LogP contribution in [0.4, 0.5) is 0 Å². The second-order valence-corrected chi connectivity index (χ2v) is 10.0. The number of aliphatic hydroxyl groups excluding tert-OH is 1. The number of pyridine rings is 1. The number of hydrogen-bond acceptors (Lipinski definition) is 8. The van der Waals surface area contributed by atoms with Crippen molar-refractivity contribution in [1.82, 2.24) is 25.2 Å². The number of carbonyl (C=O) groups excluding carboxylic acids is 1. The molecule has 2 aromatic carbocycles. The predicted molar refractivity (Wildman–Crippen MR) is 151 cm³/mol. The summed E-state index contributed by atoms with van der Waals surface area (Å²) in [6.07, 6.45) is 6.22. The molecule has 206 valence electrons. The van der Waals surface area contributed by atoms with Gasteiger partial charge in [-0.25, -0.2) is 15.0 Å². The van der Waals surface area contributed by atoms with Gasteiger partial charge in [0, 0.05) is 55.3 Å². The van der Waals surface area contributed by atoms with Gasteiger partial charge < -0.3 is 24.8 Å². The Labute approximate surface area is 233 Å². The van der Waals surface area contributed by atoms with Crippen LogP contribution >= 0.6 is 0 Å². The largest absolute Gasteiger partial charge is 0.472 e. The number of aliphatic hydroxyl groups is 1. The highest BCUT2D eigenvalue weighted by Crippen LogP contribution is 2.30. The fourth-order valence-electron chi connectivity index (χ4n) is 4.61. The molecule has 3 heterocycles. The zero-order valence-electron chi connectivity index (χ0n) is 22.6. The van der Waals surface area contributed by atoms with Crippen molar-refractivity contribution in [2.75, 3.05) is 19.7 Å². The summed E-state index contributed by atoms with van der Waals surface area (Å²) in [6, 6.07) is 19.1. The Morgan fingerprint density at radius 2 is 1.77 bits per heavy atom. The van der Waals surface area contributed by atoms with Crippen LogP contribution in [0.2, 0.25) is 0 Å². The van der Waals surface area contributed by atoms with Gasteiger partial charge >= 0.3 is 0 Å². The number of ether oxygens (including phenoxy) is 2. The Morgan fingerprint density at radius 3 is 2.50 bits per heavy atom. The summed E-state index contributed by atoms with van der Waals surface area (Å²) in [4.78, 5) is 28.0. The number of fused-ring (bicyclic) bond motifs is 1. The third kappa shape index (κ3) is 6.44. The molecule has 5 rings (SSSR count). The van der Waals surface area contributed by atoms with E-state index in [2.05, 4.69) is 20.3 Å². The van der Waals surface area contributed by atoms with Gasteiger partial charge in [0.25, 0.3) is 5.91 Å². The minimum absolute atomic E-state index is 0.00996. The third-order valence-electron chi connectivity index (χ3n) is 6.99. The van der Waals surface area contributed by atoms with Gasteiger partial charge in [-0.05, 0) is 42.8 Å². The molecule has 2 N–H and O–H groups in total. The lowest BCUT2D eigenvalue weighted by Gasteiger charge is -2.36. The molecular weight excluding hydrogens is 506 g/mol. The smallest absolute Gasteiger partial charge is 0.259 e. The second-order valence-electron chi connectivity index (χ2n) is 10.0. The molecule has 0 bridgehead atoms. The summed E-state index contributed by atoms with van der Waals surface area (Å²) >= 11 is 0. The summed E-state index contributed by atoms with van der Waals surface area (Å²) in [5.41, 5.74) is 2.93. The topological polar surface area (TPSA) is 110 Å². The van der Waals surface area contributed by atoms with Gasteiger partial charge in [0.2, 0.25) is 5.88 Å². The van der Waals surface area contributed by atoms with E-state index in [1.165, 1.54) is 6.33 Å². The molecule has 0 saturated heterocycles. The molecule has 0 unspecified atom stereocenters. The molecule has 4 aromatic rings. The minimum Gasteiger partial charge on any atom is -0.472 e. The monoisotopic (exact) mass is 539 g/mol. The SMILES string of the molecule is C[C@@H]1CN([C@@H](C)CO)C(=O)c2cc(-c3cncnc3)cnc2O[C@H]1CNCc1ccc(Oc2ccccc2)cc1. The Balaban J connectivity index is 1.30. The molecule has 0 spiro atoms. The Hall–Kier alpha value is -4.34. The molecule has 2 aromatic heterocycles. The maximum absolute atomic E-state index is 13.6. The summed E-state index contributed by atoms with van der Waals surface area (Å²) in [6.45, 7) is 5.38. The molecule has 0 fully saturated rings. The van der Waals surface area contributed by atoms with E-state index in [1.807, 2.05) is 68.4 Å². The molecule has 1 amide bonds. The van der Waals surface area contributed by atoms with Crippen LogP contribution in [-0.2, 0) is 6.54 Å². The lowest BCUT2D eigenvalue weighted by atomic mass is 9.99. The zero-order valence-corrected chi connectivity index (χ0v) is 22.6. The van der Waals surface area contributed by atoms with E-state index in [4.69, 9.17) is 9.47 Å². The third-order valence-corrected chi connectivity index (χ3v) is 6.99. The van der Waals surface area contributed by atoms with Gasteiger partial charge in [0.15, 0.2) is 0 Å². The van der Waals surface area contributed by atoms with E-state index in [-0.39, 0.29) is 36.5 Å². The average molecular weight is 540 g/mol. The Bertz CT molecular complexity index is 1400. The van der Waals surface area contributed by atoms with Crippen LogP contribution in [0.15, 0.2) is 85.6 Å². The van der Waals surface area contributed by atoms with Crippen molar-refractivity contribution in [3.63, 3.8) is 0 Å². The number of nitrogens with one attached hydrogen (secondary N) is 1. The van der Waals surface area contributed by atoms with Crippen molar-refractivity contribution in [2.45, 2.75) is 32.5 Å². The summed E-state index contributed by atoms with van der Waals surface area (Å²) in [7, 11) is 0. The van der Waals surface area contributed by atoms with Crippen molar-refractivity contribution in [3.05, 3.63) is 96.7 Å². The molecular formula is C31H33N5O4. The molecule has 0 radical (unpaired) electrons. The first-order chi connectivity index (χ1) is 19.5. The van der Waals surface area contributed by atoms with Crippen LogP contribution < -0.4 is 14.8 Å². The van der Waals surface area contributed by atoms with Crippen molar-refractivity contribution in [2.24, 2.45) is 5.92 Å². The normalized spacial score (nSPS) is 17.8. The molecule has 1 aliphatic heterocycles. The first-order valence-corrected chi connectivity index (χ1v) is 13.4. The minimum atomic E-state index is -0.352. The molecule has 9 heteroatoms. The number of para-hydroxylation sites is 1. The lowest BCUT2D eigenvalue weighted by molar-refractivity contribution is 0.0400. The van der Waals surface area contributed by atoms with Crippen molar-refractivity contribution >= 4 is 5.91 Å². The van der Waals surface area contributed by atoms with E-state index in [9.17, 15) is 9.90 Å². The van der Waals surface area contributed by atoms with Crippen LogP contribution in [-0.4, -0.2) is 62.7 Å². The van der Waals surface area contributed by atoms with Crippen molar-refractivity contribution in [3.8, 4) is 28.5 Å². The van der Waals surface area contributed by atoms with Gasteiger partial charge in [-0.3, -0.25) is 4.79 Å². The Morgan fingerprint density at radius 1 is 1.05 bits per heavy atom. The summed E-state index contributed by atoms with van der Waals surface area (Å²) in [5.74, 6) is 1.62. The highest BCUT2D eigenvalue weighted by atomic mass is 16.5. The average Bonchev–Trinajstić information content (AvgIpc) is 3.00. The van der Waals surface area contributed by atoms with E-state index in [1.54, 1.807) is 29.6 Å². The number of carbonyl (C=O) groups is 1. The number of hydrogen-bond donors (Lipinski definition) is 2. The van der Waals surface area contributed by atoms with Gasteiger partial charge in [-0.15, -0.1) is 0 Å².